The van der Waals surface area contributed by atoms with Crippen LogP contribution in [0.2, 0.25) is 0 Å². The van der Waals surface area contributed by atoms with Crippen molar-refractivity contribution in [3.63, 3.8) is 0 Å². The van der Waals surface area contributed by atoms with Crippen molar-refractivity contribution < 1.29 is 9.47 Å². The number of hydrogen-bond donors (Lipinski definition) is 1. The fraction of sp³-hybridized carbons (Fsp3) is 0.333. The number of ether oxygens (including phenoxy) is 2. The van der Waals surface area contributed by atoms with Crippen molar-refractivity contribution in [3.05, 3.63) is 59.7 Å². The van der Waals surface area contributed by atoms with Gasteiger partial charge in [-0.25, -0.2) is 0 Å². The lowest BCUT2D eigenvalue weighted by atomic mass is 10.1. The van der Waals surface area contributed by atoms with Gasteiger partial charge in [0.15, 0.2) is 0 Å². The van der Waals surface area contributed by atoms with Crippen LogP contribution in [0.1, 0.15) is 31.0 Å². The molecule has 2 aromatic carbocycles. The third-order valence-electron chi connectivity index (χ3n) is 3.38. The Morgan fingerprint density at radius 3 is 1.95 bits per heavy atom. The van der Waals surface area contributed by atoms with Crippen LogP contribution in [-0.2, 0) is 6.42 Å². The van der Waals surface area contributed by atoms with Crippen LogP contribution in [0.15, 0.2) is 48.5 Å². The average molecular weight is 285 g/mol. The van der Waals surface area contributed by atoms with Crippen LogP contribution in [0.25, 0.3) is 0 Å². The van der Waals surface area contributed by atoms with Crippen molar-refractivity contribution in [1.29, 1.82) is 0 Å². The smallest absolute Gasteiger partial charge is 0.119 e. The summed E-state index contributed by atoms with van der Waals surface area (Å²) in [6, 6.07) is 15.9. The van der Waals surface area contributed by atoms with E-state index in [2.05, 4.69) is 31.2 Å². The summed E-state index contributed by atoms with van der Waals surface area (Å²) in [4.78, 5) is 0. The number of nitrogens with two attached hydrogens (primary N) is 1. The van der Waals surface area contributed by atoms with Crippen LogP contribution in [0.4, 0.5) is 0 Å². The number of benzene rings is 2. The van der Waals surface area contributed by atoms with Gasteiger partial charge in [0.25, 0.3) is 0 Å². The van der Waals surface area contributed by atoms with Crippen LogP contribution >= 0.6 is 0 Å². The first-order valence-corrected chi connectivity index (χ1v) is 7.43. The Labute approximate surface area is 126 Å². The molecule has 2 N–H and O–H groups in total. The molecule has 0 aliphatic heterocycles. The zero-order valence-electron chi connectivity index (χ0n) is 12.7. The Balaban J connectivity index is 1.88. The number of hydrogen-bond acceptors (Lipinski definition) is 3. The van der Waals surface area contributed by atoms with Crippen LogP contribution < -0.4 is 15.2 Å². The van der Waals surface area contributed by atoms with Crippen LogP contribution in [0.5, 0.6) is 11.5 Å². The molecule has 0 saturated heterocycles. The Bertz CT molecular complexity index is 534. The first kappa shape index (κ1) is 15.4. The van der Waals surface area contributed by atoms with E-state index in [1.165, 1.54) is 5.56 Å². The monoisotopic (exact) mass is 285 g/mol. The molecule has 0 spiro atoms. The average Bonchev–Trinajstić information content (AvgIpc) is 2.54. The molecular formula is C18H23NO2. The quantitative estimate of drug-likeness (QED) is 0.843. The van der Waals surface area contributed by atoms with Gasteiger partial charge in [-0.2, -0.15) is 0 Å². The fourth-order valence-electron chi connectivity index (χ4n) is 2.08. The number of rotatable bonds is 7. The lowest BCUT2D eigenvalue weighted by Gasteiger charge is -2.14. The molecule has 2 aromatic rings. The summed E-state index contributed by atoms with van der Waals surface area (Å²) in [6.45, 7) is 5.23. The van der Waals surface area contributed by atoms with Crippen molar-refractivity contribution in [2.75, 3.05) is 13.2 Å². The van der Waals surface area contributed by atoms with E-state index in [-0.39, 0.29) is 6.04 Å². The second-order valence-electron chi connectivity index (χ2n) is 4.92. The zero-order valence-corrected chi connectivity index (χ0v) is 12.7. The molecule has 0 fully saturated rings. The fourth-order valence-corrected chi connectivity index (χ4v) is 2.08. The molecule has 112 valence electrons. The zero-order chi connectivity index (χ0) is 15.1. The van der Waals surface area contributed by atoms with E-state index < -0.39 is 0 Å². The van der Waals surface area contributed by atoms with E-state index in [4.69, 9.17) is 15.2 Å². The van der Waals surface area contributed by atoms with Crippen LogP contribution in [0.3, 0.4) is 0 Å². The summed E-state index contributed by atoms with van der Waals surface area (Å²) >= 11 is 0. The second kappa shape index (κ2) is 7.70. The topological polar surface area (TPSA) is 44.5 Å². The third-order valence-corrected chi connectivity index (χ3v) is 3.38. The van der Waals surface area contributed by atoms with Crippen molar-refractivity contribution in [2.24, 2.45) is 5.73 Å². The van der Waals surface area contributed by atoms with Gasteiger partial charge in [0, 0.05) is 0 Å². The van der Waals surface area contributed by atoms with Gasteiger partial charge in [-0.15, -0.1) is 0 Å². The summed E-state index contributed by atoms with van der Waals surface area (Å²) in [7, 11) is 0. The summed E-state index contributed by atoms with van der Waals surface area (Å²) in [5.41, 5.74) is 8.58. The van der Waals surface area contributed by atoms with E-state index >= 15 is 0 Å². The van der Waals surface area contributed by atoms with Gasteiger partial charge >= 0.3 is 0 Å². The van der Waals surface area contributed by atoms with Gasteiger partial charge in [-0.1, -0.05) is 31.2 Å². The molecule has 1 atom stereocenters. The van der Waals surface area contributed by atoms with Crippen LogP contribution in [0, 0.1) is 0 Å². The number of aryl methyl sites for hydroxylation is 1. The van der Waals surface area contributed by atoms with Crippen molar-refractivity contribution >= 4 is 0 Å². The largest absolute Gasteiger partial charge is 0.494 e. The predicted molar refractivity (Wildman–Crippen MR) is 85.9 cm³/mol. The Kier molecular flexibility index (Phi) is 5.64. The molecule has 1 unspecified atom stereocenters. The molecule has 0 aliphatic rings. The van der Waals surface area contributed by atoms with Gasteiger partial charge in [0.05, 0.1) is 12.6 Å². The molecule has 0 saturated carbocycles. The Morgan fingerprint density at radius 1 is 0.857 bits per heavy atom. The highest BCUT2D eigenvalue weighted by molar-refractivity contribution is 5.31. The maximum Gasteiger partial charge on any atom is 0.119 e. The van der Waals surface area contributed by atoms with E-state index in [0.717, 1.165) is 23.5 Å². The minimum absolute atomic E-state index is 0.123. The van der Waals surface area contributed by atoms with E-state index in [0.29, 0.717) is 13.2 Å². The molecule has 21 heavy (non-hydrogen) atoms. The molecule has 3 nitrogen and oxygen atoms in total. The van der Waals surface area contributed by atoms with Gasteiger partial charge < -0.3 is 15.2 Å². The molecule has 3 heteroatoms. The van der Waals surface area contributed by atoms with Crippen molar-refractivity contribution in [1.82, 2.24) is 0 Å². The summed E-state index contributed by atoms with van der Waals surface area (Å²) in [6.07, 6.45) is 1.04. The second-order valence-corrected chi connectivity index (χ2v) is 4.92. The highest BCUT2D eigenvalue weighted by Crippen LogP contribution is 2.19. The molecule has 0 aromatic heterocycles. The lowest BCUT2D eigenvalue weighted by Crippen LogP contribution is -2.18. The molecule has 0 heterocycles. The van der Waals surface area contributed by atoms with E-state index in [1.807, 2.05) is 31.2 Å². The standard InChI is InChI=1S/C18H23NO2/c1-3-14-5-7-15(8-6-14)18(19)13-21-17-11-9-16(10-12-17)20-4-2/h5-12,18H,3-4,13,19H2,1-2H3. The van der Waals surface area contributed by atoms with Gasteiger partial charge in [-0.05, 0) is 48.7 Å². The van der Waals surface area contributed by atoms with Crippen molar-refractivity contribution in [3.8, 4) is 11.5 Å². The van der Waals surface area contributed by atoms with Gasteiger partial charge in [0.1, 0.15) is 18.1 Å². The molecule has 0 radical (unpaired) electrons. The molecule has 0 amide bonds. The first-order valence-electron chi connectivity index (χ1n) is 7.43. The third kappa shape index (κ3) is 4.50. The van der Waals surface area contributed by atoms with E-state index in [9.17, 15) is 0 Å². The van der Waals surface area contributed by atoms with E-state index in [1.54, 1.807) is 0 Å². The Hall–Kier alpha value is -2.00. The van der Waals surface area contributed by atoms with Gasteiger partial charge in [0.2, 0.25) is 0 Å². The summed E-state index contributed by atoms with van der Waals surface area (Å²) in [5.74, 6) is 1.66. The summed E-state index contributed by atoms with van der Waals surface area (Å²) in [5, 5.41) is 0. The maximum absolute atomic E-state index is 6.16. The van der Waals surface area contributed by atoms with Crippen LogP contribution in [-0.4, -0.2) is 13.2 Å². The predicted octanol–water partition coefficient (Wildman–Crippen LogP) is 3.73. The lowest BCUT2D eigenvalue weighted by molar-refractivity contribution is 0.289. The van der Waals surface area contributed by atoms with Crippen molar-refractivity contribution in [2.45, 2.75) is 26.3 Å². The first-order chi connectivity index (χ1) is 10.2. The maximum atomic E-state index is 6.16. The normalized spacial score (nSPS) is 12.0. The molecular weight excluding hydrogens is 262 g/mol. The molecule has 2 rings (SSSR count). The highest BCUT2D eigenvalue weighted by atomic mass is 16.5. The highest BCUT2D eigenvalue weighted by Gasteiger charge is 2.07. The molecule has 0 aliphatic carbocycles. The molecule has 0 bridgehead atoms. The summed E-state index contributed by atoms with van der Waals surface area (Å²) < 4.78 is 11.1. The minimum atomic E-state index is -0.123. The van der Waals surface area contributed by atoms with Gasteiger partial charge in [-0.3, -0.25) is 0 Å². The SMILES string of the molecule is CCOc1ccc(OCC(N)c2ccc(CC)cc2)cc1. The Morgan fingerprint density at radius 2 is 1.43 bits per heavy atom. The minimum Gasteiger partial charge on any atom is -0.494 e.